The Kier molecular flexibility index (Phi) is 2.91. The van der Waals surface area contributed by atoms with E-state index in [4.69, 9.17) is 0 Å². The molecule has 2 aromatic carbocycles. The molecule has 23 heavy (non-hydrogen) atoms. The van der Waals surface area contributed by atoms with Crippen LogP contribution >= 0.6 is 0 Å². The van der Waals surface area contributed by atoms with E-state index in [9.17, 15) is 13.2 Å². The highest BCUT2D eigenvalue weighted by molar-refractivity contribution is 5.96. The van der Waals surface area contributed by atoms with Gasteiger partial charge < -0.3 is 4.98 Å². The van der Waals surface area contributed by atoms with Crippen LogP contribution in [0.3, 0.4) is 0 Å². The number of aryl methyl sites for hydroxylation is 1. The summed E-state index contributed by atoms with van der Waals surface area (Å²) >= 11 is 0. The van der Waals surface area contributed by atoms with Gasteiger partial charge in [0.2, 0.25) is 0 Å². The summed E-state index contributed by atoms with van der Waals surface area (Å²) in [4.78, 5) is 7.21. The maximum atomic E-state index is 13.8. The minimum absolute atomic E-state index is 0.0648. The van der Waals surface area contributed by atoms with Crippen LogP contribution < -0.4 is 0 Å². The molecule has 5 heteroatoms. The molecule has 4 aromatic rings. The summed E-state index contributed by atoms with van der Waals surface area (Å²) in [5.41, 5.74) is 2.89. The highest BCUT2D eigenvalue weighted by atomic mass is 19.2. The number of aromatic amines is 1. The van der Waals surface area contributed by atoms with Crippen LogP contribution in [0.2, 0.25) is 0 Å². The van der Waals surface area contributed by atoms with E-state index in [-0.39, 0.29) is 10.9 Å². The minimum Gasteiger partial charge on any atom is -0.358 e. The summed E-state index contributed by atoms with van der Waals surface area (Å²) in [5, 5.41) is 1.24. The number of halogens is 3. The monoisotopic (exact) mass is 312 g/mol. The lowest BCUT2D eigenvalue weighted by Gasteiger charge is -2.04. The van der Waals surface area contributed by atoms with Gasteiger partial charge in [-0.3, -0.25) is 0 Å². The summed E-state index contributed by atoms with van der Waals surface area (Å²) in [6, 6.07) is 10.6. The normalized spacial score (nSPS) is 11.5. The molecule has 0 aliphatic heterocycles. The van der Waals surface area contributed by atoms with E-state index < -0.39 is 17.5 Å². The SMILES string of the molecule is Cc1ccc2ccc(-c3c[nH]c4c(F)c(F)c(F)cc34)nc2c1. The first kappa shape index (κ1) is 13.8. The fourth-order valence-electron chi connectivity index (χ4n) is 2.76. The fraction of sp³-hybridized carbons (Fsp3) is 0.0556. The van der Waals surface area contributed by atoms with Crippen molar-refractivity contribution in [2.75, 3.05) is 0 Å². The fourth-order valence-corrected chi connectivity index (χ4v) is 2.76. The maximum Gasteiger partial charge on any atom is 0.196 e. The molecular formula is C18H11F3N2. The molecule has 1 N–H and O–H groups in total. The van der Waals surface area contributed by atoms with Gasteiger partial charge in [0, 0.05) is 22.5 Å². The molecule has 0 atom stereocenters. The van der Waals surface area contributed by atoms with Crippen LogP contribution in [0, 0.1) is 24.4 Å². The molecular weight excluding hydrogens is 301 g/mol. The van der Waals surface area contributed by atoms with Crippen LogP contribution in [-0.2, 0) is 0 Å². The van der Waals surface area contributed by atoms with E-state index in [1.165, 1.54) is 6.20 Å². The molecule has 4 rings (SSSR count). The number of nitrogens with one attached hydrogen (secondary N) is 1. The van der Waals surface area contributed by atoms with Crippen LogP contribution in [-0.4, -0.2) is 9.97 Å². The molecule has 0 aliphatic carbocycles. The topological polar surface area (TPSA) is 28.7 Å². The number of hydrogen-bond donors (Lipinski definition) is 1. The summed E-state index contributed by atoms with van der Waals surface area (Å²) in [7, 11) is 0. The van der Waals surface area contributed by atoms with Gasteiger partial charge in [0.15, 0.2) is 17.5 Å². The van der Waals surface area contributed by atoms with Gasteiger partial charge in [0.25, 0.3) is 0 Å². The van der Waals surface area contributed by atoms with Crippen molar-refractivity contribution in [1.82, 2.24) is 9.97 Å². The van der Waals surface area contributed by atoms with Gasteiger partial charge in [-0.2, -0.15) is 0 Å². The molecule has 0 saturated carbocycles. The third kappa shape index (κ3) is 2.08. The molecule has 0 radical (unpaired) electrons. The smallest absolute Gasteiger partial charge is 0.196 e. The minimum atomic E-state index is -1.48. The standard InChI is InChI=1S/C18H11F3N2/c1-9-2-3-10-4-5-14(23-15(10)6-9)12-8-22-18-11(12)7-13(19)16(20)17(18)21/h2-8,22H,1H3. The molecule has 0 aliphatic rings. The summed E-state index contributed by atoms with van der Waals surface area (Å²) in [6.07, 6.45) is 1.51. The number of hydrogen-bond acceptors (Lipinski definition) is 1. The van der Waals surface area contributed by atoms with Gasteiger partial charge in [0.05, 0.1) is 16.7 Å². The molecule has 0 saturated heterocycles. The zero-order chi connectivity index (χ0) is 16.1. The van der Waals surface area contributed by atoms with Gasteiger partial charge in [-0.15, -0.1) is 0 Å². The third-order valence-corrected chi connectivity index (χ3v) is 3.94. The first-order chi connectivity index (χ1) is 11.0. The van der Waals surface area contributed by atoms with E-state index in [2.05, 4.69) is 9.97 Å². The lowest BCUT2D eigenvalue weighted by Crippen LogP contribution is -1.92. The molecule has 2 nitrogen and oxygen atoms in total. The zero-order valence-corrected chi connectivity index (χ0v) is 12.1. The van der Waals surface area contributed by atoms with Crippen LogP contribution in [0.5, 0.6) is 0 Å². The molecule has 0 unspecified atom stereocenters. The number of H-pyrrole nitrogens is 1. The van der Waals surface area contributed by atoms with Gasteiger partial charge in [0.1, 0.15) is 0 Å². The Morgan fingerprint density at radius 2 is 1.74 bits per heavy atom. The average Bonchev–Trinajstić information content (AvgIpc) is 2.95. The van der Waals surface area contributed by atoms with Crippen molar-refractivity contribution in [3.63, 3.8) is 0 Å². The second kappa shape index (κ2) is 4.84. The van der Waals surface area contributed by atoms with Crippen molar-refractivity contribution in [2.24, 2.45) is 0 Å². The van der Waals surface area contributed by atoms with Crippen LogP contribution in [0.25, 0.3) is 33.1 Å². The Hall–Kier alpha value is -2.82. The highest BCUT2D eigenvalue weighted by Gasteiger charge is 2.18. The number of fused-ring (bicyclic) bond motifs is 2. The number of aromatic nitrogens is 2. The first-order valence-corrected chi connectivity index (χ1v) is 7.07. The third-order valence-electron chi connectivity index (χ3n) is 3.94. The maximum absolute atomic E-state index is 13.8. The van der Waals surface area contributed by atoms with Crippen molar-refractivity contribution in [2.45, 2.75) is 6.92 Å². The molecule has 2 aromatic heterocycles. The van der Waals surface area contributed by atoms with E-state index in [1.807, 2.05) is 31.2 Å². The first-order valence-electron chi connectivity index (χ1n) is 7.07. The molecule has 114 valence electrons. The lowest BCUT2D eigenvalue weighted by molar-refractivity contribution is 0.453. The quantitative estimate of drug-likeness (QED) is 0.486. The Morgan fingerprint density at radius 1 is 0.957 bits per heavy atom. The van der Waals surface area contributed by atoms with Crippen LogP contribution in [0.4, 0.5) is 13.2 Å². The van der Waals surface area contributed by atoms with Gasteiger partial charge in [-0.25, -0.2) is 18.2 Å². The van der Waals surface area contributed by atoms with Crippen molar-refractivity contribution < 1.29 is 13.2 Å². The van der Waals surface area contributed by atoms with Crippen molar-refractivity contribution in [1.29, 1.82) is 0 Å². The van der Waals surface area contributed by atoms with Gasteiger partial charge in [-0.1, -0.05) is 18.2 Å². The lowest BCUT2D eigenvalue weighted by atomic mass is 10.1. The number of nitrogens with zero attached hydrogens (tertiary/aromatic N) is 1. The predicted octanol–water partition coefficient (Wildman–Crippen LogP) is 5.11. The molecule has 0 fully saturated rings. The van der Waals surface area contributed by atoms with Crippen LogP contribution in [0.15, 0.2) is 42.6 Å². The van der Waals surface area contributed by atoms with Gasteiger partial charge >= 0.3 is 0 Å². The highest BCUT2D eigenvalue weighted by Crippen LogP contribution is 2.32. The summed E-state index contributed by atoms with van der Waals surface area (Å²) in [5.74, 6) is -3.91. The molecule has 0 bridgehead atoms. The Morgan fingerprint density at radius 3 is 2.57 bits per heavy atom. The molecule has 2 heterocycles. The number of benzene rings is 2. The average molecular weight is 312 g/mol. The van der Waals surface area contributed by atoms with E-state index >= 15 is 0 Å². The second-order valence-corrected chi connectivity index (χ2v) is 5.50. The second-order valence-electron chi connectivity index (χ2n) is 5.50. The predicted molar refractivity (Wildman–Crippen MR) is 83.6 cm³/mol. The van der Waals surface area contributed by atoms with E-state index in [0.717, 1.165) is 22.5 Å². The largest absolute Gasteiger partial charge is 0.358 e. The van der Waals surface area contributed by atoms with Crippen molar-refractivity contribution >= 4 is 21.8 Å². The van der Waals surface area contributed by atoms with Crippen LogP contribution in [0.1, 0.15) is 5.56 Å². The Bertz CT molecular complexity index is 1070. The van der Waals surface area contributed by atoms with Crippen molar-refractivity contribution in [3.8, 4) is 11.3 Å². The van der Waals surface area contributed by atoms with Crippen molar-refractivity contribution in [3.05, 3.63) is 65.6 Å². The Labute approximate surface area is 129 Å². The Balaban J connectivity index is 1.99. The van der Waals surface area contributed by atoms with E-state index in [0.29, 0.717) is 11.3 Å². The van der Waals surface area contributed by atoms with Gasteiger partial charge in [-0.05, 0) is 30.7 Å². The molecule has 0 amide bonds. The zero-order valence-electron chi connectivity index (χ0n) is 12.1. The number of pyridine rings is 1. The number of rotatable bonds is 1. The van der Waals surface area contributed by atoms with E-state index in [1.54, 1.807) is 6.07 Å². The summed E-state index contributed by atoms with van der Waals surface area (Å²) < 4.78 is 40.7. The molecule has 0 spiro atoms. The summed E-state index contributed by atoms with van der Waals surface area (Å²) in [6.45, 7) is 1.97.